The summed E-state index contributed by atoms with van der Waals surface area (Å²) in [6.45, 7) is 0. The third kappa shape index (κ3) is 2.97. The van der Waals surface area contributed by atoms with Gasteiger partial charge in [-0.3, -0.25) is 4.57 Å². The predicted octanol–water partition coefficient (Wildman–Crippen LogP) is -0.809. The molecule has 2 aromatic rings. The molecular formula is C11H14ClN5O6S. The fourth-order valence-corrected chi connectivity index (χ4v) is 3.04. The molecule has 0 aliphatic carbocycles. The first kappa shape index (κ1) is 17.4. The number of aromatic nitrogens is 4. The average molecular weight is 380 g/mol. The number of nitrogens with one attached hydrogen (secondary N) is 1. The van der Waals surface area contributed by atoms with Crippen LogP contribution in [0.3, 0.4) is 0 Å². The van der Waals surface area contributed by atoms with Gasteiger partial charge in [-0.25, -0.2) is 19.1 Å². The molecule has 0 aromatic carbocycles. The van der Waals surface area contributed by atoms with Crippen molar-refractivity contribution in [3.05, 3.63) is 17.8 Å². The van der Waals surface area contributed by atoms with Crippen molar-refractivity contribution >= 4 is 33.1 Å². The van der Waals surface area contributed by atoms with Crippen molar-refractivity contribution < 1.29 is 27.2 Å². The number of rotatable bonds is 5. The standard InChI is InChI=1S/C11H14ClN5O6S/c1-13-24(19,20)23-11-6(18)7(21-2)10(22-11)17-4-16-5-8(12)14-3-15-9(5)17/h3-4,6-7,10-11,13,18H,1-2H3/t6-,7+,10-,11-/m1/s1. The Labute approximate surface area is 141 Å². The summed E-state index contributed by atoms with van der Waals surface area (Å²) in [7, 11) is -1.55. The molecule has 13 heteroatoms. The van der Waals surface area contributed by atoms with Gasteiger partial charge in [-0.15, -0.1) is 0 Å². The molecule has 0 spiro atoms. The smallest absolute Gasteiger partial charge is 0.338 e. The Morgan fingerprint density at radius 2 is 2.17 bits per heavy atom. The Kier molecular flexibility index (Phi) is 4.70. The number of methoxy groups -OCH3 is 1. The molecule has 1 aliphatic rings. The maximum Gasteiger partial charge on any atom is 0.338 e. The van der Waals surface area contributed by atoms with E-state index in [-0.39, 0.29) is 5.15 Å². The van der Waals surface area contributed by atoms with E-state index in [1.165, 1.54) is 31.4 Å². The van der Waals surface area contributed by atoms with Gasteiger partial charge in [0.05, 0.1) is 6.33 Å². The van der Waals surface area contributed by atoms with Gasteiger partial charge in [-0.1, -0.05) is 11.6 Å². The number of imidazole rings is 1. The third-order valence-corrected chi connectivity index (χ3v) is 4.72. The van der Waals surface area contributed by atoms with E-state index >= 15 is 0 Å². The molecule has 1 aliphatic heterocycles. The zero-order valence-corrected chi connectivity index (χ0v) is 14.1. The van der Waals surface area contributed by atoms with E-state index in [9.17, 15) is 13.5 Å². The Hall–Kier alpha value is -1.41. The number of ether oxygens (including phenoxy) is 2. The molecule has 0 unspecified atom stereocenters. The Balaban J connectivity index is 1.96. The molecule has 0 bridgehead atoms. The van der Waals surface area contributed by atoms with Gasteiger partial charge in [0.2, 0.25) is 6.29 Å². The maximum atomic E-state index is 11.5. The maximum absolute atomic E-state index is 11.5. The number of halogens is 1. The Morgan fingerprint density at radius 3 is 2.83 bits per heavy atom. The van der Waals surface area contributed by atoms with E-state index < -0.39 is 35.0 Å². The Morgan fingerprint density at radius 1 is 1.42 bits per heavy atom. The molecule has 24 heavy (non-hydrogen) atoms. The predicted molar refractivity (Wildman–Crippen MR) is 80.1 cm³/mol. The lowest BCUT2D eigenvalue weighted by atomic mass is 10.2. The van der Waals surface area contributed by atoms with E-state index in [0.717, 1.165) is 0 Å². The summed E-state index contributed by atoms with van der Waals surface area (Å²) in [6, 6.07) is 0. The van der Waals surface area contributed by atoms with Crippen LogP contribution in [0, 0.1) is 0 Å². The molecule has 2 aromatic heterocycles. The van der Waals surface area contributed by atoms with E-state index in [2.05, 4.69) is 15.0 Å². The summed E-state index contributed by atoms with van der Waals surface area (Å²) in [4.78, 5) is 12.0. The van der Waals surface area contributed by atoms with Crippen molar-refractivity contribution in [2.24, 2.45) is 0 Å². The van der Waals surface area contributed by atoms with Crippen LogP contribution in [0.25, 0.3) is 11.2 Å². The molecule has 2 N–H and O–H groups in total. The van der Waals surface area contributed by atoms with Crippen molar-refractivity contribution in [3.8, 4) is 0 Å². The highest BCUT2D eigenvalue weighted by molar-refractivity contribution is 7.84. The molecule has 3 heterocycles. The van der Waals surface area contributed by atoms with Crippen LogP contribution in [-0.2, 0) is 24.0 Å². The molecular weight excluding hydrogens is 366 g/mol. The van der Waals surface area contributed by atoms with Gasteiger partial charge in [-0.2, -0.15) is 13.1 Å². The minimum atomic E-state index is -4.07. The van der Waals surface area contributed by atoms with Crippen molar-refractivity contribution in [2.75, 3.05) is 14.2 Å². The third-order valence-electron chi connectivity index (χ3n) is 3.50. The summed E-state index contributed by atoms with van der Waals surface area (Å²) in [5.41, 5.74) is 0.672. The second-order valence-corrected chi connectivity index (χ2v) is 6.70. The van der Waals surface area contributed by atoms with Crippen LogP contribution in [0.4, 0.5) is 0 Å². The van der Waals surface area contributed by atoms with Gasteiger partial charge < -0.3 is 14.6 Å². The lowest BCUT2D eigenvalue weighted by Gasteiger charge is -2.19. The Bertz CT molecular complexity index is 845. The number of hydrogen-bond acceptors (Lipinski definition) is 9. The van der Waals surface area contributed by atoms with Crippen LogP contribution in [0.2, 0.25) is 5.15 Å². The van der Waals surface area contributed by atoms with Gasteiger partial charge >= 0.3 is 10.3 Å². The highest BCUT2D eigenvalue weighted by Gasteiger charge is 2.48. The first-order valence-corrected chi connectivity index (χ1v) is 8.47. The average Bonchev–Trinajstić information content (AvgIpc) is 3.10. The summed E-state index contributed by atoms with van der Waals surface area (Å²) < 4.78 is 42.0. The first-order chi connectivity index (χ1) is 11.4. The molecule has 1 fully saturated rings. The molecule has 132 valence electrons. The van der Waals surface area contributed by atoms with Crippen molar-refractivity contribution in [1.29, 1.82) is 0 Å². The van der Waals surface area contributed by atoms with E-state index in [1.54, 1.807) is 0 Å². The lowest BCUT2D eigenvalue weighted by molar-refractivity contribution is -0.122. The summed E-state index contributed by atoms with van der Waals surface area (Å²) in [5, 5.41) is 10.4. The van der Waals surface area contributed by atoms with E-state index in [4.69, 9.17) is 25.3 Å². The zero-order chi connectivity index (χ0) is 17.5. The number of hydrogen-bond donors (Lipinski definition) is 2. The quantitative estimate of drug-likeness (QED) is 0.638. The van der Waals surface area contributed by atoms with Crippen LogP contribution in [0.15, 0.2) is 12.7 Å². The molecule has 0 amide bonds. The number of aliphatic hydroxyl groups is 1. The van der Waals surface area contributed by atoms with E-state index in [1.807, 2.05) is 4.72 Å². The molecule has 1 saturated heterocycles. The zero-order valence-electron chi connectivity index (χ0n) is 12.5. The van der Waals surface area contributed by atoms with Crippen LogP contribution in [0.1, 0.15) is 6.23 Å². The highest BCUT2D eigenvalue weighted by atomic mass is 35.5. The molecule has 11 nitrogen and oxygen atoms in total. The SMILES string of the molecule is CNS(=O)(=O)O[C@H]1O[C@@H](n2cnc3c(Cl)ncnc32)[C@@H](OC)[C@H]1O. The van der Waals surface area contributed by atoms with Crippen molar-refractivity contribution in [2.45, 2.75) is 24.7 Å². The molecule has 3 rings (SSSR count). The number of aliphatic hydroxyl groups excluding tert-OH is 1. The van der Waals surface area contributed by atoms with Gasteiger partial charge in [0.25, 0.3) is 0 Å². The topological polar surface area (TPSA) is 138 Å². The minimum absolute atomic E-state index is 0.150. The van der Waals surface area contributed by atoms with Crippen molar-refractivity contribution in [1.82, 2.24) is 24.2 Å². The fourth-order valence-electron chi connectivity index (χ4n) is 2.36. The van der Waals surface area contributed by atoms with Crippen LogP contribution >= 0.6 is 11.6 Å². The summed E-state index contributed by atoms with van der Waals surface area (Å²) >= 11 is 5.95. The normalized spacial score (nSPS) is 27.8. The second-order valence-electron chi connectivity index (χ2n) is 4.83. The highest BCUT2D eigenvalue weighted by Crippen LogP contribution is 2.34. The monoisotopic (exact) mass is 379 g/mol. The summed E-state index contributed by atoms with van der Waals surface area (Å²) in [6.07, 6.45) is -2.06. The lowest BCUT2D eigenvalue weighted by Crippen LogP contribution is -2.37. The van der Waals surface area contributed by atoms with Crippen LogP contribution < -0.4 is 4.72 Å². The van der Waals surface area contributed by atoms with Crippen LogP contribution in [0.5, 0.6) is 0 Å². The minimum Gasteiger partial charge on any atom is -0.385 e. The molecule has 0 saturated carbocycles. The van der Waals surface area contributed by atoms with Crippen molar-refractivity contribution in [3.63, 3.8) is 0 Å². The molecule has 0 radical (unpaired) electrons. The fraction of sp³-hybridized carbons (Fsp3) is 0.545. The second kappa shape index (κ2) is 6.48. The largest absolute Gasteiger partial charge is 0.385 e. The summed E-state index contributed by atoms with van der Waals surface area (Å²) in [5.74, 6) is 0. The molecule has 4 atom stereocenters. The van der Waals surface area contributed by atoms with Gasteiger partial charge in [0.1, 0.15) is 24.1 Å². The van der Waals surface area contributed by atoms with E-state index in [0.29, 0.717) is 11.2 Å². The first-order valence-electron chi connectivity index (χ1n) is 6.69. The van der Waals surface area contributed by atoms with Crippen LogP contribution in [-0.4, -0.2) is 65.7 Å². The van der Waals surface area contributed by atoms with Gasteiger partial charge in [0, 0.05) is 14.2 Å². The van der Waals surface area contributed by atoms with Gasteiger partial charge in [-0.05, 0) is 0 Å². The number of fused-ring (bicyclic) bond motifs is 1. The number of nitrogens with zero attached hydrogens (tertiary/aromatic N) is 4. The van der Waals surface area contributed by atoms with Gasteiger partial charge in [0.15, 0.2) is 17.0 Å².